The lowest BCUT2D eigenvalue weighted by atomic mass is 9.90. The Hall–Kier alpha value is -2.46. The molecule has 26 heavy (non-hydrogen) atoms. The molecule has 0 radical (unpaired) electrons. The number of piperidine rings is 1. The normalized spacial score (nSPS) is 16.0. The van der Waals surface area contributed by atoms with Crippen molar-refractivity contribution in [1.29, 1.82) is 0 Å². The Morgan fingerprint density at radius 3 is 2.58 bits per heavy atom. The first-order chi connectivity index (χ1) is 12.8. The molecule has 4 nitrogen and oxygen atoms in total. The number of aromatic nitrogens is 2. The largest absolute Gasteiger partial charge is 0.419 e. The standard InChI is InChI=1S/C22H25N3O/c1-17-6-5-9-20(14-17)22-24-23-21(26-22)16-25-12-10-19(11-13-25)15-18-7-3-2-4-8-18/h2-9,14,19H,10-13,15-16H2,1H3. The van der Waals surface area contributed by atoms with Crippen molar-refractivity contribution in [2.45, 2.75) is 32.7 Å². The van der Waals surface area contributed by atoms with E-state index in [1.807, 2.05) is 12.1 Å². The van der Waals surface area contributed by atoms with Gasteiger partial charge in [0.05, 0.1) is 6.54 Å². The number of hydrogen-bond donors (Lipinski definition) is 0. The number of benzene rings is 2. The first kappa shape index (κ1) is 17.0. The summed E-state index contributed by atoms with van der Waals surface area (Å²) < 4.78 is 5.89. The van der Waals surface area contributed by atoms with Crippen LogP contribution in [0.15, 0.2) is 59.0 Å². The molecule has 4 heteroatoms. The smallest absolute Gasteiger partial charge is 0.247 e. The molecule has 0 N–H and O–H groups in total. The Balaban J connectivity index is 1.31. The molecule has 0 bridgehead atoms. The Kier molecular flexibility index (Phi) is 5.12. The summed E-state index contributed by atoms with van der Waals surface area (Å²) in [7, 11) is 0. The highest BCUT2D eigenvalue weighted by atomic mass is 16.4. The second-order valence-electron chi connectivity index (χ2n) is 7.28. The van der Waals surface area contributed by atoms with Crippen molar-refractivity contribution in [1.82, 2.24) is 15.1 Å². The lowest BCUT2D eigenvalue weighted by Gasteiger charge is -2.31. The van der Waals surface area contributed by atoms with Gasteiger partial charge in [-0.15, -0.1) is 10.2 Å². The summed E-state index contributed by atoms with van der Waals surface area (Å²) in [6.07, 6.45) is 3.65. The molecule has 2 heterocycles. The third-order valence-corrected chi connectivity index (χ3v) is 5.17. The number of hydrogen-bond acceptors (Lipinski definition) is 4. The molecule has 134 valence electrons. The average Bonchev–Trinajstić information content (AvgIpc) is 3.13. The van der Waals surface area contributed by atoms with E-state index >= 15 is 0 Å². The predicted octanol–water partition coefficient (Wildman–Crippen LogP) is 4.50. The van der Waals surface area contributed by atoms with Crippen LogP contribution in [0.5, 0.6) is 0 Å². The van der Waals surface area contributed by atoms with E-state index in [0.717, 1.165) is 31.1 Å². The number of likely N-dealkylation sites (tertiary alicyclic amines) is 1. The van der Waals surface area contributed by atoms with Crippen molar-refractivity contribution in [2.75, 3.05) is 13.1 Å². The monoisotopic (exact) mass is 347 g/mol. The van der Waals surface area contributed by atoms with E-state index in [0.29, 0.717) is 11.8 Å². The van der Waals surface area contributed by atoms with Crippen molar-refractivity contribution in [3.05, 3.63) is 71.6 Å². The summed E-state index contributed by atoms with van der Waals surface area (Å²) in [4.78, 5) is 2.43. The SMILES string of the molecule is Cc1cccc(-c2nnc(CN3CCC(Cc4ccccc4)CC3)o2)c1. The molecule has 1 aliphatic rings. The summed E-state index contributed by atoms with van der Waals surface area (Å²) in [5.41, 5.74) is 3.64. The van der Waals surface area contributed by atoms with Gasteiger partial charge in [-0.3, -0.25) is 4.90 Å². The summed E-state index contributed by atoms with van der Waals surface area (Å²) >= 11 is 0. The van der Waals surface area contributed by atoms with Gasteiger partial charge in [-0.1, -0.05) is 48.0 Å². The molecular weight excluding hydrogens is 322 g/mol. The molecule has 0 aliphatic carbocycles. The highest BCUT2D eigenvalue weighted by Crippen LogP contribution is 2.24. The zero-order valence-corrected chi connectivity index (χ0v) is 15.3. The zero-order valence-electron chi connectivity index (χ0n) is 15.3. The first-order valence-corrected chi connectivity index (χ1v) is 9.42. The van der Waals surface area contributed by atoms with E-state index in [4.69, 9.17) is 4.42 Å². The summed E-state index contributed by atoms with van der Waals surface area (Å²) in [6.45, 7) is 5.01. The average molecular weight is 347 g/mol. The van der Waals surface area contributed by atoms with E-state index < -0.39 is 0 Å². The first-order valence-electron chi connectivity index (χ1n) is 9.42. The highest BCUT2D eigenvalue weighted by molar-refractivity contribution is 5.53. The van der Waals surface area contributed by atoms with Gasteiger partial charge in [0.1, 0.15) is 0 Å². The lowest BCUT2D eigenvalue weighted by molar-refractivity contribution is 0.164. The number of rotatable bonds is 5. The summed E-state index contributed by atoms with van der Waals surface area (Å²) in [5, 5.41) is 8.47. The maximum atomic E-state index is 5.89. The summed E-state index contributed by atoms with van der Waals surface area (Å²) in [6, 6.07) is 19.0. The van der Waals surface area contributed by atoms with Crippen LogP contribution in [-0.2, 0) is 13.0 Å². The molecule has 0 unspecified atom stereocenters. The van der Waals surface area contributed by atoms with Crippen LogP contribution in [0.3, 0.4) is 0 Å². The Labute approximate surface area is 154 Å². The third-order valence-electron chi connectivity index (χ3n) is 5.17. The molecular formula is C22H25N3O. The number of aryl methyl sites for hydroxylation is 1. The van der Waals surface area contributed by atoms with E-state index in [1.54, 1.807) is 0 Å². The predicted molar refractivity (Wildman–Crippen MR) is 103 cm³/mol. The Bertz CT molecular complexity index is 835. The molecule has 1 saturated heterocycles. The maximum Gasteiger partial charge on any atom is 0.247 e. The van der Waals surface area contributed by atoms with Gasteiger partial charge >= 0.3 is 0 Å². The van der Waals surface area contributed by atoms with Crippen LogP contribution < -0.4 is 0 Å². The van der Waals surface area contributed by atoms with Crippen LogP contribution >= 0.6 is 0 Å². The molecule has 1 fully saturated rings. The van der Waals surface area contributed by atoms with Crippen LogP contribution in [0.1, 0.15) is 29.9 Å². The molecule has 2 aromatic carbocycles. The quantitative estimate of drug-likeness (QED) is 0.681. The van der Waals surface area contributed by atoms with Crippen molar-refractivity contribution in [3.8, 4) is 11.5 Å². The van der Waals surface area contributed by atoms with Crippen LogP contribution in [0.25, 0.3) is 11.5 Å². The highest BCUT2D eigenvalue weighted by Gasteiger charge is 2.21. The van der Waals surface area contributed by atoms with Gasteiger partial charge in [-0.05, 0) is 62.9 Å². The molecule has 1 aromatic heterocycles. The van der Waals surface area contributed by atoms with E-state index in [-0.39, 0.29) is 0 Å². The maximum absolute atomic E-state index is 5.89. The molecule has 0 saturated carbocycles. The fourth-order valence-electron chi connectivity index (χ4n) is 3.70. The molecule has 1 aliphatic heterocycles. The van der Waals surface area contributed by atoms with Gasteiger partial charge in [0.2, 0.25) is 11.8 Å². The molecule has 0 atom stereocenters. The van der Waals surface area contributed by atoms with Gasteiger partial charge < -0.3 is 4.42 Å². The second kappa shape index (κ2) is 7.83. The third kappa shape index (κ3) is 4.20. The van der Waals surface area contributed by atoms with Crippen molar-refractivity contribution in [2.24, 2.45) is 5.92 Å². The minimum atomic E-state index is 0.614. The fraction of sp³-hybridized carbons (Fsp3) is 0.364. The Morgan fingerprint density at radius 1 is 1.00 bits per heavy atom. The molecule has 3 aromatic rings. The van der Waals surface area contributed by atoms with Crippen molar-refractivity contribution in [3.63, 3.8) is 0 Å². The summed E-state index contributed by atoms with van der Waals surface area (Å²) in [5.74, 6) is 2.10. The zero-order chi connectivity index (χ0) is 17.8. The van der Waals surface area contributed by atoms with E-state index in [2.05, 4.69) is 64.5 Å². The molecule has 4 rings (SSSR count). The number of nitrogens with zero attached hydrogens (tertiary/aromatic N) is 3. The van der Waals surface area contributed by atoms with Crippen molar-refractivity contribution >= 4 is 0 Å². The Morgan fingerprint density at radius 2 is 1.81 bits per heavy atom. The fourth-order valence-corrected chi connectivity index (χ4v) is 3.70. The molecule has 0 spiro atoms. The topological polar surface area (TPSA) is 42.2 Å². The van der Waals surface area contributed by atoms with E-state index in [1.165, 1.54) is 30.4 Å². The van der Waals surface area contributed by atoms with E-state index in [9.17, 15) is 0 Å². The minimum absolute atomic E-state index is 0.614. The minimum Gasteiger partial charge on any atom is -0.419 e. The van der Waals surface area contributed by atoms with Gasteiger partial charge in [0, 0.05) is 5.56 Å². The van der Waals surface area contributed by atoms with Crippen LogP contribution in [0.4, 0.5) is 0 Å². The van der Waals surface area contributed by atoms with Gasteiger partial charge in [-0.25, -0.2) is 0 Å². The lowest BCUT2D eigenvalue weighted by Crippen LogP contribution is -2.33. The second-order valence-corrected chi connectivity index (χ2v) is 7.28. The molecule has 0 amide bonds. The van der Waals surface area contributed by atoms with Crippen LogP contribution in [0.2, 0.25) is 0 Å². The van der Waals surface area contributed by atoms with Crippen molar-refractivity contribution < 1.29 is 4.42 Å². The van der Waals surface area contributed by atoms with Crippen LogP contribution in [-0.4, -0.2) is 28.2 Å². The van der Waals surface area contributed by atoms with Crippen LogP contribution in [0, 0.1) is 12.8 Å². The van der Waals surface area contributed by atoms with Gasteiger partial charge in [-0.2, -0.15) is 0 Å². The van der Waals surface area contributed by atoms with Gasteiger partial charge in [0.15, 0.2) is 0 Å². The van der Waals surface area contributed by atoms with Gasteiger partial charge in [0.25, 0.3) is 0 Å².